The van der Waals surface area contributed by atoms with E-state index in [1.165, 1.54) is 23.4 Å². The average molecular weight is 309 g/mol. The van der Waals surface area contributed by atoms with Gasteiger partial charge in [0.15, 0.2) is 5.13 Å². The van der Waals surface area contributed by atoms with Crippen LogP contribution >= 0.6 is 11.3 Å². The first-order chi connectivity index (χ1) is 10.1. The fraction of sp³-hybridized carbons (Fsp3) is 0.812. The molecule has 2 fully saturated rings. The number of hydrogen-bond donors (Lipinski definition) is 1. The van der Waals surface area contributed by atoms with Crippen molar-refractivity contribution in [1.82, 2.24) is 10.3 Å². The van der Waals surface area contributed by atoms with E-state index in [9.17, 15) is 0 Å². The molecule has 3 rings (SSSR count). The van der Waals surface area contributed by atoms with Crippen molar-refractivity contribution in [3.8, 4) is 0 Å². The van der Waals surface area contributed by atoms with Gasteiger partial charge in [0.25, 0.3) is 0 Å². The molecule has 1 aliphatic carbocycles. The van der Waals surface area contributed by atoms with Gasteiger partial charge < -0.3 is 15.0 Å². The van der Waals surface area contributed by atoms with E-state index in [0.29, 0.717) is 18.1 Å². The fourth-order valence-corrected chi connectivity index (χ4v) is 4.16. The molecule has 1 saturated heterocycles. The van der Waals surface area contributed by atoms with Crippen molar-refractivity contribution in [3.63, 3.8) is 0 Å². The third-order valence-electron chi connectivity index (χ3n) is 4.53. The van der Waals surface area contributed by atoms with Crippen LogP contribution in [0.2, 0.25) is 0 Å². The monoisotopic (exact) mass is 309 g/mol. The lowest BCUT2D eigenvalue weighted by molar-refractivity contribution is 0.118. The number of rotatable bonds is 6. The highest BCUT2D eigenvalue weighted by molar-refractivity contribution is 7.15. The van der Waals surface area contributed by atoms with Gasteiger partial charge in [0, 0.05) is 31.1 Å². The maximum absolute atomic E-state index is 5.70. The second-order valence-corrected chi connectivity index (χ2v) is 7.72. The van der Waals surface area contributed by atoms with E-state index in [-0.39, 0.29) is 0 Å². The molecule has 0 radical (unpaired) electrons. The van der Waals surface area contributed by atoms with Crippen LogP contribution in [0.5, 0.6) is 0 Å². The molecule has 2 aliphatic rings. The second kappa shape index (κ2) is 6.23. The molecule has 118 valence electrons. The van der Waals surface area contributed by atoms with Crippen LogP contribution < -0.4 is 10.2 Å². The summed E-state index contributed by atoms with van der Waals surface area (Å²) >= 11 is 1.85. The molecule has 1 aromatic rings. The zero-order valence-corrected chi connectivity index (χ0v) is 14.4. The molecule has 2 atom stereocenters. The van der Waals surface area contributed by atoms with E-state index >= 15 is 0 Å². The van der Waals surface area contributed by atoms with E-state index < -0.39 is 0 Å². The fourth-order valence-electron chi connectivity index (χ4n) is 2.97. The first-order valence-electron chi connectivity index (χ1n) is 8.13. The molecule has 2 unspecified atom stereocenters. The quantitative estimate of drug-likeness (QED) is 0.876. The minimum absolute atomic E-state index is 0.300. The first kappa shape index (κ1) is 15.3. The summed E-state index contributed by atoms with van der Waals surface area (Å²) in [6, 6.07) is 1.21. The maximum atomic E-state index is 5.70. The summed E-state index contributed by atoms with van der Waals surface area (Å²) in [5.74, 6) is 0.483. The molecule has 4 nitrogen and oxygen atoms in total. The van der Waals surface area contributed by atoms with Crippen LogP contribution in [0.3, 0.4) is 0 Å². The van der Waals surface area contributed by atoms with Crippen molar-refractivity contribution in [2.45, 2.75) is 70.7 Å². The van der Waals surface area contributed by atoms with Crippen molar-refractivity contribution in [1.29, 1.82) is 0 Å². The standard InChI is InChI=1S/C16H27N3OS/c1-10(2)15-14(9-17-12-5-6-12)21-16(18-15)19(4)13-7-8-20-11(13)3/h10-13,17H,5-9H2,1-4H3. The molecular formula is C16H27N3OS. The van der Waals surface area contributed by atoms with Gasteiger partial charge in [-0.05, 0) is 32.1 Å². The topological polar surface area (TPSA) is 37.4 Å². The molecule has 1 aromatic heterocycles. The molecule has 1 aliphatic heterocycles. The Kier molecular flexibility index (Phi) is 4.52. The van der Waals surface area contributed by atoms with E-state index in [1.54, 1.807) is 0 Å². The number of ether oxygens (including phenoxy) is 1. The van der Waals surface area contributed by atoms with Gasteiger partial charge >= 0.3 is 0 Å². The van der Waals surface area contributed by atoms with Crippen molar-refractivity contribution < 1.29 is 4.74 Å². The van der Waals surface area contributed by atoms with Crippen LogP contribution in [0.15, 0.2) is 0 Å². The Morgan fingerprint density at radius 1 is 1.38 bits per heavy atom. The molecule has 1 saturated carbocycles. The Hall–Kier alpha value is -0.650. The third-order valence-corrected chi connectivity index (χ3v) is 5.69. The number of aromatic nitrogens is 1. The summed E-state index contributed by atoms with van der Waals surface area (Å²) in [6.07, 6.45) is 4.07. The zero-order valence-electron chi connectivity index (χ0n) is 13.6. The predicted molar refractivity (Wildman–Crippen MR) is 88.3 cm³/mol. The summed E-state index contributed by atoms with van der Waals surface area (Å²) in [6.45, 7) is 8.48. The lowest BCUT2D eigenvalue weighted by Crippen LogP contribution is -2.36. The molecule has 0 spiro atoms. The largest absolute Gasteiger partial charge is 0.376 e. The highest BCUT2D eigenvalue weighted by Crippen LogP contribution is 2.34. The number of nitrogens with zero attached hydrogens (tertiary/aromatic N) is 2. The van der Waals surface area contributed by atoms with E-state index in [2.05, 4.69) is 38.0 Å². The summed E-state index contributed by atoms with van der Waals surface area (Å²) in [7, 11) is 2.16. The predicted octanol–water partition coefficient (Wildman–Crippen LogP) is 3.13. The van der Waals surface area contributed by atoms with Gasteiger partial charge in [-0.1, -0.05) is 13.8 Å². The van der Waals surface area contributed by atoms with Gasteiger partial charge in [0.2, 0.25) is 0 Å². The second-order valence-electron chi connectivity index (χ2n) is 6.66. The van der Waals surface area contributed by atoms with E-state index in [1.807, 2.05) is 11.3 Å². The summed E-state index contributed by atoms with van der Waals surface area (Å²) in [5, 5.41) is 4.77. The van der Waals surface area contributed by atoms with Crippen molar-refractivity contribution in [3.05, 3.63) is 10.6 Å². The van der Waals surface area contributed by atoms with Crippen LogP contribution in [0.4, 0.5) is 5.13 Å². The van der Waals surface area contributed by atoms with Gasteiger partial charge in [-0.2, -0.15) is 0 Å². The van der Waals surface area contributed by atoms with Gasteiger partial charge in [0.1, 0.15) is 0 Å². The van der Waals surface area contributed by atoms with Crippen molar-refractivity contribution >= 4 is 16.5 Å². The van der Waals surface area contributed by atoms with Gasteiger partial charge in [-0.15, -0.1) is 11.3 Å². The Morgan fingerprint density at radius 2 is 2.14 bits per heavy atom. The molecule has 2 heterocycles. The van der Waals surface area contributed by atoms with E-state index in [0.717, 1.165) is 30.7 Å². The lowest BCUT2D eigenvalue weighted by Gasteiger charge is -2.26. The smallest absolute Gasteiger partial charge is 0.185 e. The molecule has 5 heteroatoms. The Balaban J connectivity index is 1.75. The number of anilines is 1. The highest BCUT2D eigenvalue weighted by atomic mass is 32.1. The van der Waals surface area contributed by atoms with Gasteiger partial charge in [-0.3, -0.25) is 0 Å². The maximum Gasteiger partial charge on any atom is 0.185 e. The number of nitrogens with one attached hydrogen (secondary N) is 1. The molecule has 0 amide bonds. The Labute approximate surface area is 131 Å². The number of likely N-dealkylation sites (N-methyl/N-ethyl adjacent to an activating group) is 1. The molecular weight excluding hydrogens is 282 g/mol. The van der Waals surface area contributed by atoms with Gasteiger partial charge in [-0.25, -0.2) is 4.98 Å². The van der Waals surface area contributed by atoms with Crippen LogP contribution in [0, 0.1) is 0 Å². The lowest BCUT2D eigenvalue weighted by atomic mass is 10.1. The average Bonchev–Trinajstić information content (AvgIpc) is 3.01. The van der Waals surface area contributed by atoms with Crippen LogP contribution in [0.25, 0.3) is 0 Å². The minimum Gasteiger partial charge on any atom is -0.376 e. The number of thiazole rings is 1. The molecule has 0 aromatic carbocycles. The summed E-state index contributed by atoms with van der Waals surface area (Å²) in [5.41, 5.74) is 1.27. The molecule has 21 heavy (non-hydrogen) atoms. The van der Waals surface area contributed by atoms with Crippen LogP contribution in [-0.4, -0.2) is 36.8 Å². The SMILES string of the molecule is CC(C)c1nc(N(C)C2CCOC2C)sc1CNC1CC1. The van der Waals surface area contributed by atoms with Gasteiger partial charge in [0.05, 0.1) is 17.8 Å². The van der Waals surface area contributed by atoms with Crippen molar-refractivity contribution in [2.24, 2.45) is 0 Å². The minimum atomic E-state index is 0.300. The Morgan fingerprint density at radius 3 is 2.71 bits per heavy atom. The van der Waals surface area contributed by atoms with Crippen LogP contribution in [0.1, 0.15) is 56.5 Å². The normalized spacial score (nSPS) is 25.8. The Bertz CT molecular complexity index is 484. The zero-order chi connectivity index (χ0) is 15.0. The number of hydrogen-bond acceptors (Lipinski definition) is 5. The highest BCUT2D eigenvalue weighted by Gasteiger charge is 2.30. The third kappa shape index (κ3) is 3.41. The molecule has 0 bridgehead atoms. The first-order valence-corrected chi connectivity index (χ1v) is 8.95. The molecule has 1 N–H and O–H groups in total. The summed E-state index contributed by atoms with van der Waals surface area (Å²) < 4.78 is 5.70. The summed E-state index contributed by atoms with van der Waals surface area (Å²) in [4.78, 5) is 8.67. The van der Waals surface area contributed by atoms with E-state index in [4.69, 9.17) is 9.72 Å². The van der Waals surface area contributed by atoms with Crippen molar-refractivity contribution in [2.75, 3.05) is 18.6 Å². The van der Waals surface area contributed by atoms with Crippen LogP contribution in [-0.2, 0) is 11.3 Å².